The van der Waals surface area contributed by atoms with E-state index in [9.17, 15) is 18.5 Å². The van der Waals surface area contributed by atoms with Gasteiger partial charge in [-0.3, -0.25) is 4.79 Å². The number of amides is 1. The van der Waals surface area contributed by atoms with E-state index < -0.39 is 21.3 Å². The molecule has 177 valence electrons. The molecule has 0 spiro atoms. The Morgan fingerprint density at radius 2 is 1.81 bits per heavy atom. The van der Waals surface area contributed by atoms with Crippen molar-refractivity contribution in [3.05, 3.63) is 119 Å². The first-order chi connectivity index (χ1) is 17.5. The van der Waals surface area contributed by atoms with Gasteiger partial charge in [-0.1, -0.05) is 48.5 Å². The number of nitrogens with zero attached hydrogens (tertiary/aromatic N) is 3. The zero-order valence-corrected chi connectivity index (χ0v) is 20.1. The standard InChI is InChI=1S/C28H20N3O4S/c1-2-35-26-23(14-9-17-30-26)28(21-10-5-3-6-11-21)24-18-20(19-29)15-16-25(24)31(27(28)32)36(33,34)22-12-7-4-8-13-22/h3-10,12-18H,2H2,1H3. The second kappa shape index (κ2) is 8.95. The maximum Gasteiger partial charge on any atom is 0.270 e. The number of hydrogen-bond acceptors (Lipinski definition) is 6. The quantitative estimate of drug-likeness (QED) is 0.398. The third-order valence-corrected chi connectivity index (χ3v) is 7.82. The summed E-state index contributed by atoms with van der Waals surface area (Å²) in [5.74, 6) is -0.536. The molecule has 5 rings (SSSR count). The van der Waals surface area contributed by atoms with E-state index in [1.807, 2.05) is 0 Å². The number of ether oxygens (including phenoxy) is 1. The first kappa shape index (κ1) is 23.3. The average molecular weight is 495 g/mol. The minimum atomic E-state index is -4.31. The topological polar surface area (TPSA) is 100 Å². The van der Waals surface area contributed by atoms with Crippen LogP contribution in [-0.4, -0.2) is 25.9 Å². The molecule has 36 heavy (non-hydrogen) atoms. The highest BCUT2D eigenvalue weighted by Crippen LogP contribution is 2.53. The average Bonchev–Trinajstić information content (AvgIpc) is 3.18. The van der Waals surface area contributed by atoms with Crippen molar-refractivity contribution in [2.45, 2.75) is 17.2 Å². The maximum absolute atomic E-state index is 14.6. The molecule has 1 amide bonds. The van der Waals surface area contributed by atoms with Crippen molar-refractivity contribution in [2.75, 3.05) is 10.9 Å². The van der Waals surface area contributed by atoms with Gasteiger partial charge in [0.25, 0.3) is 15.9 Å². The number of hydrogen-bond donors (Lipinski definition) is 0. The van der Waals surface area contributed by atoms with Crippen molar-refractivity contribution in [1.82, 2.24) is 4.98 Å². The number of pyridine rings is 1. The molecule has 0 bridgehead atoms. The molecule has 1 aromatic heterocycles. The van der Waals surface area contributed by atoms with Gasteiger partial charge in [0.2, 0.25) is 5.88 Å². The summed E-state index contributed by atoms with van der Waals surface area (Å²) in [7, 11) is -4.31. The zero-order valence-electron chi connectivity index (χ0n) is 19.3. The molecule has 1 unspecified atom stereocenters. The fraction of sp³-hybridized carbons (Fsp3) is 0.107. The second-order valence-corrected chi connectivity index (χ2v) is 9.83. The van der Waals surface area contributed by atoms with Crippen molar-refractivity contribution in [1.29, 1.82) is 5.26 Å². The summed E-state index contributed by atoms with van der Waals surface area (Å²) in [6, 6.07) is 27.8. The van der Waals surface area contributed by atoms with Gasteiger partial charge in [-0.25, -0.2) is 17.7 Å². The van der Waals surface area contributed by atoms with Crippen molar-refractivity contribution >= 4 is 21.6 Å². The monoisotopic (exact) mass is 494 g/mol. The maximum atomic E-state index is 14.6. The van der Waals surface area contributed by atoms with E-state index in [0.717, 1.165) is 4.31 Å². The lowest BCUT2D eigenvalue weighted by atomic mass is 9.70. The first-order valence-electron chi connectivity index (χ1n) is 11.2. The number of rotatable bonds is 6. The predicted octanol–water partition coefficient (Wildman–Crippen LogP) is 4.22. The molecule has 7 nitrogen and oxygen atoms in total. The van der Waals surface area contributed by atoms with E-state index in [2.05, 4.69) is 17.1 Å². The molecule has 1 aliphatic rings. The summed E-state index contributed by atoms with van der Waals surface area (Å²) in [6.45, 7) is 2.08. The Bertz CT molecular complexity index is 1600. The van der Waals surface area contributed by atoms with Crippen LogP contribution in [0.25, 0.3) is 0 Å². The van der Waals surface area contributed by atoms with E-state index in [-0.39, 0.29) is 28.6 Å². The van der Waals surface area contributed by atoms with Crippen molar-refractivity contribution in [2.24, 2.45) is 0 Å². The molecular weight excluding hydrogens is 474 g/mol. The largest absolute Gasteiger partial charge is 0.478 e. The molecule has 0 N–H and O–H groups in total. The van der Waals surface area contributed by atoms with Crippen LogP contribution in [0.3, 0.4) is 0 Å². The third kappa shape index (κ3) is 3.36. The van der Waals surface area contributed by atoms with Gasteiger partial charge in [0.05, 0.1) is 28.8 Å². The van der Waals surface area contributed by atoms with E-state index in [1.165, 1.54) is 24.3 Å². The van der Waals surface area contributed by atoms with Crippen LogP contribution in [0.15, 0.2) is 96.0 Å². The number of nitriles is 1. The summed E-state index contributed by atoms with van der Waals surface area (Å²) in [4.78, 5) is 18.9. The SMILES string of the molecule is CCOc1ncccc1C1(c2[c]cccc2)C(=O)N(S(=O)(=O)c2ccccc2)c2ccc(C#N)cc21. The lowest BCUT2D eigenvalue weighted by molar-refractivity contribution is -0.119. The van der Waals surface area contributed by atoms with Crippen LogP contribution in [0, 0.1) is 17.4 Å². The molecule has 1 aliphatic heterocycles. The molecule has 1 atom stereocenters. The van der Waals surface area contributed by atoms with Crippen LogP contribution in [-0.2, 0) is 20.2 Å². The zero-order chi connectivity index (χ0) is 25.3. The molecule has 3 aromatic carbocycles. The Balaban J connectivity index is 1.91. The van der Waals surface area contributed by atoms with Crippen LogP contribution in [0.5, 0.6) is 5.88 Å². The minimum Gasteiger partial charge on any atom is -0.478 e. The highest BCUT2D eigenvalue weighted by molar-refractivity contribution is 7.93. The Kier molecular flexibility index (Phi) is 5.78. The van der Waals surface area contributed by atoms with Crippen molar-refractivity contribution < 1.29 is 17.9 Å². The van der Waals surface area contributed by atoms with Crippen LogP contribution < -0.4 is 9.04 Å². The molecule has 2 heterocycles. The number of aromatic nitrogens is 1. The molecule has 1 radical (unpaired) electrons. The van der Waals surface area contributed by atoms with Crippen LogP contribution in [0.2, 0.25) is 0 Å². The molecule has 8 heteroatoms. The van der Waals surface area contributed by atoms with Gasteiger partial charge < -0.3 is 4.74 Å². The summed E-state index contributed by atoms with van der Waals surface area (Å²) in [5, 5.41) is 9.68. The second-order valence-electron chi connectivity index (χ2n) is 8.05. The van der Waals surface area contributed by atoms with E-state index >= 15 is 0 Å². The Hall–Kier alpha value is -4.48. The number of carbonyl (C=O) groups excluding carboxylic acids is 1. The number of benzene rings is 3. The summed E-state index contributed by atoms with van der Waals surface area (Å²) < 4.78 is 34.4. The van der Waals surface area contributed by atoms with Crippen molar-refractivity contribution in [3.63, 3.8) is 0 Å². The molecule has 0 saturated heterocycles. The molecule has 0 aliphatic carbocycles. The number of sulfonamides is 1. The van der Waals surface area contributed by atoms with E-state index in [1.54, 1.807) is 73.8 Å². The lowest BCUT2D eigenvalue weighted by Gasteiger charge is -2.30. The summed E-state index contributed by atoms with van der Waals surface area (Å²) in [6.07, 6.45) is 1.54. The van der Waals surface area contributed by atoms with E-state index in [4.69, 9.17) is 4.74 Å². The molecular formula is C28H20N3O4S. The fourth-order valence-electron chi connectivity index (χ4n) is 4.62. The van der Waals surface area contributed by atoms with E-state index in [0.29, 0.717) is 16.7 Å². The molecule has 4 aromatic rings. The third-order valence-electron chi connectivity index (χ3n) is 6.10. The molecule has 0 fully saturated rings. The van der Waals surface area contributed by atoms with Gasteiger partial charge in [-0.2, -0.15) is 5.26 Å². The van der Waals surface area contributed by atoms with Gasteiger partial charge in [-0.15, -0.1) is 0 Å². The van der Waals surface area contributed by atoms with Crippen molar-refractivity contribution in [3.8, 4) is 11.9 Å². The van der Waals surface area contributed by atoms with Crippen LogP contribution in [0.1, 0.15) is 29.2 Å². The van der Waals surface area contributed by atoms with Gasteiger partial charge >= 0.3 is 0 Å². The highest BCUT2D eigenvalue weighted by atomic mass is 32.2. The van der Waals surface area contributed by atoms with Gasteiger partial charge in [0.1, 0.15) is 5.41 Å². The first-order valence-corrected chi connectivity index (χ1v) is 12.6. The van der Waals surface area contributed by atoms with Gasteiger partial charge in [0.15, 0.2) is 0 Å². The number of anilines is 1. The van der Waals surface area contributed by atoms with Crippen LogP contribution >= 0.6 is 0 Å². The van der Waals surface area contributed by atoms with Gasteiger partial charge in [-0.05, 0) is 55.0 Å². The fourth-order valence-corrected chi connectivity index (χ4v) is 6.10. The number of fused-ring (bicyclic) bond motifs is 1. The van der Waals surface area contributed by atoms with Crippen LogP contribution in [0.4, 0.5) is 5.69 Å². The Labute approximate surface area is 209 Å². The smallest absolute Gasteiger partial charge is 0.270 e. The minimum absolute atomic E-state index is 0.0299. The highest BCUT2D eigenvalue weighted by Gasteiger charge is 2.58. The Morgan fingerprint density at radius 1 is 1.03 bits per heavy atom. The lowest BCUT2D eigenvalue weighted by Crippen LogP contribution is -2.45. The summed E-state index contributed by atoms with van der Waals surface area (Å²) in [5.41, 5.74) is -0.131. The number of carbonyl (C=O) groups is 1. The summed E-state index contributed by atoms with van der Waals surface area (Å²) >= 11 is 0. The predicted molar refractivity (Wildman–Crippen MR) is 133 cm³/mol. The Morgan fingerprint density at radius 3 is 2.50 bits per heavy atom. The van der Waals surface area contributed by atoms with Gasteiger partial charge in [0, 0.05) is 17.3 Å². The molecule has 0 saturated carbocycles. The normalized spacial score (nSPS) is 16.9.